The summed E-state index contributed by atoms with van der Waals surface area (Å²) in [5.74, 6) is 0.833. The van der Waals surface area contributed by atoms with Crippen LogP contribution < -0.4 is 11.1 Å². The normalized spacial score (nSPS) is 11.6. The van der Waals surface area contributed by atoms with Crippen LogP contribution in [0.25, 0.3) is 0 Å². The summed E-state index contributed by atoms with van der Waals surface area (Å²) in [6.45, 7) is 6.55. The van der Waals surface area contributed by atoms with Crippen molar-refractivity contribution in [3.63, 3.8) is 0 Å². The molecular weight excluding hydrogens is 236 g/mol. The number of aromatic nitrogens is 2. The molecule has 0 spiro atoms. The topological polar surface area (TPSA) is 65.1 Å². The number of anilines is 1. The maximum Gasteiger partial charge on any atom is 0.134 e. The van der Waals surface area contributed by atoms with Gasteiger partial charge in [-0.1, -0.05) is 12.2 Å². The van der Waals surface area contributed by atoms with E-state index in [1.807, 2.05) is 27.8 Å². The van der Waals surface area contributed by atoms with Crippen molar-refractivity contribution in [1.29, 1.82) is 0 Å². The van der Waals surface area contributed by atoms with Crippen LogP contribution in [-0.4, -0.2) is 34.0 Å². The monoisotopic (exact) mass is 256 g/mol. The summed E-state index contributed by atoms with van der Waals surface area (Å²) in [7, 11) is 3.54. The van der Waals surface area contributed by atoms with E-state index in [2.05, 4.69) is 10.4 Å². The van der Waals surface area contributed by atoms with E-state index < -0.39 is 0 Å². The Hall–Kier alpha value is -1.14. The molecule has 0 amide bonds. The lowest BCUT2D eigenvalue weighted by molar-refractivity contribution is 0.0342. The van der Waals surface area contributed by atoms with Crippen molar-refractivity contribution in [3.8, 4) is 0 Å². The van der Waals surface area contributed by atoms with Gasteiger partial charge in [0.15, 0.2) is 0 Å². The number of nitrogens with zero attached hydrogens (tertiary/aromatic N) is 2. The Morgan fingerprint density at radius 2 is 2.18 bits per heavy atom. The van der Waals surface area contributed by atoms with Crippen molar-refractivity contribution in [2.75, 3.05) is 19.0 Å². The van der Waals surface area contributed by atoms with Crippen LogP contribution in [-0.2, 0) is 11.8 Å². The number of aryl methyl sites for hydroxylation is 2. The summed E-state index contributed by atoms with van der Waals surface area (Å²) in [4.78, 5) is 0.355. The molecule has 0 fully saturated rings. The van der Waals surface area contributed by atoms with Crippen molar-refractivity contribution >= 4 is 23.0 Å². The third kappa shape index (κ3) is 3.17. The molecule has 0 saturated carbocycles. The molecule has 3 N–H and O–H groups in total. The van der Waals surface area contributed by atoms with Gasteiger partial charge >= 0.3 is 0 Å². The van der Waals surface area contributed by atoms with Crippen LogP contribution in [0.1, 0.15) is 25.1 Å². The molecule has 0 radical (unpaired) electrons. The fourth-order valence-corrected chi connectivity index (χ4v) is 1.77. The summed E-state index contributed by atoms with van der Waals surface area (Å²) in [5, 5.41) is 7.59. The molecule has 1 rings (SSSR count). The third-order valence-electron chi connectivity index (χ3n) is 2.70. The van der Waals surface area contributed by atoms with Gasteiger partial charge in [0.05, 0.1) is 16.9 Å². The van der Waals surface area contributed by atoms with Crippen molar-refractivity contribution in [2.24, 2.45) is 12.8 Å². The molecule has 0 unspecified atom stereocenters. The Balaban J connectivity index is 2.95. The third-order valence-corrected chi connectivity index (χ3v) is 2.91. The van der Waals surface area contributed by atoms with Crippen molar-refractivity contribution in [3.05, 3.63) is 11.3 Å². The van der Waals surface area contributed by atoms with Gasteiger partial charge in [-0.15, -0.1) is 0 Å². The first kappa shape index (κ1) is 13.9. The number of methoxy groups -OCH3 is 1. The van der Waals surface area contributed by atoms with Gasteiger partial charge < -0.3 is 15.8 Å². The van der Waals surface area contributed by atoms with Gasteiger partial charge in [0.2, 0.25) is 0 Å². The van der Waals surface area contributed by atoms with Crippen LogP contribution in [0.4, 0.5) is 5.82 Å². The molecule has 1 aromatic heterocycles. The molecule has 96 valence electrons. The highest BCUT2D eigenvalue weighted by Gasteiger charge is 2.20. The highest BCUT2D eigenvalue weighted by molar-refractivity contribution is 7.80. The zero-order chi connectivity index (χ0) is 13.2. The Morgan fingerprint density at radius 3 is 2.65 bits per heavy atom. The average molecular weight is 256 g/mol. The van der Waals surface area contributed by atoms with E-state index in [4.69, 9.17) is 22.7 Å². The van der Waals surface area contributed by atoms with Gasteiger partial charge in [0.1, 0.15) is 10.8 Å². The minimum absolute atomic E-state index is 0.258. The summed E-state index contributed by atoms with van der Waals surface area (Å²) < 4.78 is 7.10. The molecule has 0 bridgehead atoms. The molecule has 0 aliphatic rings. The SMILES string of the molecule is COC(C)(C)CNc1c(C(N)=S)c(C)nn1C. The second-order valence-corrected chi connectivity index (χ2v) is 5.05. The molecule has 0 saturated heterocycles. The van der Waals surface area contributed by atoms with E-state index in [9.17, 15) is 0 Å². The second-order valence-electron chi connectivity index (χ2n) is 4.61. The Labute approximate surface area is 107 Å². The summed E-state index contributed by atoms with van der Waals surface area (Å²) in [6, 6.07) is 0. The average Bonchev–Trinajstić information content (AvgIpc) is 2.50. The molecule has 1 aromatic rings. The molecule has 0 atom stereocenters. The van der Waals surface area contributed by atoms with Crippen LogP contribution in [0, 0.1) is 6.92 Å². The fraction of sp³-hybridized carbons (Fsp3) is 0.636. The summed E-state index contributed by atoms with van der Waals surface area (Å²) in [6.07, 6.45) is 0. The Bertz CT molecular complexity index is 425. The summed E-state index contributed by atoms with van der Waals surface area (Å²) in [5.41, 5.74) is 7.08. The number of ether oxygens (including phenoxy) is 1. The second kappa shape index (κ2) is 5.01. The molecule has 6 heteroatoms. The number of nitrogens with one attached hydrogen (secondary N) is 1. The zero-order valence-corrected chi connectivity index (χ0v) is 11.8. The van der Waals surface area contributed by atoms with Gasteiger partial charge in [-0.05, 0) is 20.8 Å². The number of thiocarbonyl (C=S) groups is 1. The van der Waals surface area contributed by atoms with Crippen molar-refractivity contribution < 1.29 is 4.74 Å². The molecule has 0 aliphatic heterocycles. The number of rotatable bonds is 5. The molecular formula is C11H20N4OS. The highest BCUT2D eigenvalue weighted by atomic mass is 32.1. The zero-order valence-electron chi connectivity index (χ0n) is 11.0. The molecule has 0 aromatic carbocycles. The van der Waals surface area contributed by atoms with Crippen LogP contribution in [0.15, 0.2) is 0 Å². The van der Waals surface area contributed by atoms with E-state index in [0.717, 1.165) is 17.1 Å². The fourth-order valence-electron chi connectivity index (χ4n) is 1.52. The first-order valence-corrected chi connectivity index (χ1v) is 5.81. The van der Waals surface area contributed by atoms with Crippen LogP contribution in [0.5, 0.6) is 0 Å². The lowest BCUT2D eigenvalue weighted by atomic mass is 10.1. The number of hydrogen-bond donors (Lipinski definition) is 2. The first-order chi connectivity index (χ1) is 7.78. The minimum atomic E-state index is -0.258. The smallest absolute Gasteiger partial charge is 0.134 e. The predicted molar refractivity (Wildman–Crippen MR) is 73.4 cm³/mol. The van der Waals surface area contributed by atoms with E-state index in [0.29, 0.717) is 11.5 Å². The van der Waals surface area contributed by atoms with E-state index in [-0.39, 0.29) is 5.60 Å². The van der Waals surface area contributed by atoms with Gasteiger partial charge in [0.25, 0.3) is 0 Å². The lowest BCUT2D eigenvalue weighted by Gasteiger charge is -2.24. The largest absolute Gasteiger partial charge is 0.389 e. The van der Waals surface area contributed by atoms with Crippen LogP contribution >= 0.6 is 12.2 Å². The Morgan fingerprint density at radius 1 is 1.59 bits per heavy atom. The van der Waals surface area contributed by atoms with Crippen molar-refractivity contribution in [1.82, 2.24) is 9.78 Å². The van der Waals surface area contributed by atoms with Gasteiger partial charge in [-0.2, -0.15) is 5.10 Å². The first-order valence-electron chi connectivity index (χ1n) is 5.41. The maximum absolute atomic E-state index is 5.71. The van der Waals surface area contributed by atoms with Crippen molar-refractivity contribution in [2.45, 2.75) is 26.4 Å². The molecule has 1 heterocycles. The summed E-state index contributed by atoms with van der Waals surface area (Å²) >= 11 is 5.04. The molecule has 17 heavy (non-hydrogen) atoms. The number of nitrogens with two attached hydrogens (primary N) is 1. The van der Waals surface area contributed by atoms with Gasteiger partial charge in [0, 0.05) is 20.7 Å². The predicted octanol–water partition coefficient (Wildman–Crippen LogP) is 1.20. The van der Waals surface area contributed by atoms with Gasteiger partial charge in [-0.3, -0.25) is 4.68 Å². The number of hydrogen-bond acceptors (Lipinski definition) is 4. The molecule has 0 aliphatic carbocycles. The van der Waals surface area contributed by atoms with Crippen LogP contribution in [0.3, 0.4) is 0 Å². The van der Waals surface area contributed by atoms with E-state index in [1.54, 1.807) is 11.8 Å². The quantitative estimate of drug-likeness (QED) is 0.775. The minimum Gasteiger partial charge on any atom is -0.389 e. The highest BCUT2D eigenvalue weighted by Crippen LogP contribution is 2.20. The molecule has 5 nitrogen and oxygen atoms in total. The lowest BCUT2D eigenvalue weighted by Crippen LogP contribution is -2.33. The van der Waals surface area contributed by atoms with Crippen LogP contribution in [0.2, 0.25) is 0 Å². The Kier molecular flexibility index (Phi) is 4.11. The standard InChI is InChI=1S/C11H20N4OS/c1-7-8(9(12)17)10(15(4)14-7)13-6-11(2,3)16-5/h13H,6H2,1-5H3,(H2,12,17). The maximum atomic E-state index is 5.71. The van der Waals surface area contributed by atoms with Gasteiger partial charge in [-0.25, -0.2) is 0 Å². The van der Waals surface area contributed by atoms with E-state index >= 15 is 0 Å². The van der Waals surface area contributed by atoms with E-state index in [1.165, 1.54) is 0 Å².